The van der Waals surface area contributed by atoms with Crippen LogP contribution in [0.2, 0.25) is 0 Å². The minimum atomic E-state index is -1.47. The highest BCUT2D eigenvalue weighted by Crippen LogP contribution is 2.17. The topological polar surface area (TPSA) is 80.4 Å². The van der Waals surface area contributed by atoms with Gasteiger partial charge in [0.15, 0.2) is 5.82 Å². The molecule has 2 N–H and O–H groups in total. The van der Waals surface area contributed by atoms with Gasteiger partial charge in [-0.05, 0) is 37.9 Å². The van der Waals surface area contributed by atoms with E-state index in [2.05, 4.69) is 10.1 Å². The van der Waals surface area contributed by atoms with E-state index in [0.29, 0.717) is 17.8 Å². The summed E-state index contributed by atoms with van der Waals surface area (Å²) in [5, 5.41) is 22.4. The molecule has 20 heavy (non-hydrogen) atoms. The quantitative estimate of drug-likeness (QED) is 0.773. The van der Waals surface area contributed by atoms with Crippen LogP contribution in [-0.4, -0.2) is 31.9 Å². The fourth-order valence-electron chi connectivity index (χ4n) is 1.95. The molecule has 0 radical (unpaired) electrons. The Kier molecular flexibility index (Phi) is 4.41. The molecule has 7 heteroatoms. The predicted molar refractivity (Wildman–Crippen MR) is 75.7 cm³/mol. The average Bonchev–Trinajstić information content (AvgIpc) is 2.85. The molecule has 0 atom stereocenters. The third-order valence-corrected chi connectivity index (χ3v) is 2.99. The summed E-state index contributed by atoms with van der Waals surface area (Å²) in [6, 6.07) is 5.26. The molecular formula is C13H18BN3O3. The van der Waals surface area contributed by atoms with Gasteiger partial charge in [0.05, 0.1) is 0 Å². The lowest BCUT2D eigenvalue weighted by atomic mass is 9.79. The first-order valence-electron chi connectivity index (χ1n) is 6.47. The molecule has 106 valence electrons. The van der Waals surface area contributed by atoms with Gasteiger partial charge in [-0.1, -0.05) is 12.1 Å². The zero-order valence-electron chi connectivity index (χ0n) is 11.8. The summed E-state index contributed by atoms with van der Waals surface area (Å²) in [7, 11) is -1.47. The highest BCUT2D eigenvalue weighted by atomic mass is 16.5. The minimum Gasteiger partial charge on any atom is -0.485 e. The molecule has 0 saturated heterocycles. The van der Waals surface area contributed by atoms with Crippen LogP contribution in [-0.2, 0) is 6.61 Å². The van der Waals surface area contributed by atoms with Crippen LogP contribution in [0.5, 0.6) is 5.75 Å². The third kappa shape index (κ3) is 3.18. The molecule has 0 amide bonds. The molecule has 1 aromatic carbocycles. The summed E-state index contributed by atoms with van der Waals surface area (Å²) >= 11 is 0. The van der Waals surface area contributed by atoms with Crippen LogP contribution in [0.4, 0.5) is 0 Å². The molecule has 0 aliphatic rings. The van der Waals surface area contributed by atoms with Crippen molar-refractivity contribution in [3.05, 3.63) is 35.9 Å². The average molecular weight is 275 g/mol. The van der Waals surface area contributed by atoms with Crippen molar-refractivity contribution in [2.75, 3.05) is 0 Å². The molecule has 6 nitrogen and oxygen atoms in total. The second-order valence-electron chi connectivity index (χ2n) is 4.90. The molecule has 0 spiro atoms. The van der Waals surface area contributed by atoms with Gasteiger partial charge in [0.2, 0.25) is 0 Å². The van der Waals surface area contributed by atoms with E-state index in [1.54, 1.807) is 22.9 Å². The Morgan fingerprint density at radius 3 is 2.70 bits per heavy atom. The van der Waals surface area contributed by atoms with Crippen molar-refractivity contribution < 1.29 is 14.8 Å². The van der Waals surface area contributed by atoms with Gasteiger partial charge in [0, 0.05) is 6.04 Å². The first-order chi connectivity index (χ1) is 9.49. The molecule has 2 aromatic rings. The van der Waals surface area contributed by atoms with Crippen molar-refractivity contribution in [3.63, 3.8) is 0 Å². The molecule has 0 aliphatic carbocycles. The predicted octanol–water partition coefficient (Wildman–Crippen LogP) is 0.426. The summed E-state index contributed by atoms with van der Waals surface area (Å²) < 4.78 is 7.53. The maximum absolute atomic E-state index is 9.11. The molecule has 0 unspecified atom stereocenters. The first kappa shape index (κ1) is 14.6. The number of aromatic nitrogens is 3. The molecule has 0 aliphatic heterocycles. The fraction of sp³-hybridized carbons (Fsp3) is 0.385. The van der Waals surface area contributed by atoms with Gasteiger partial charge >= 0.3 is 7.12 Å². The van der Waals surface area contributed by atoms with Crippen molar-refractivity contribution in [2.45, 2.75) is 33.4 Å². The summed E-state index contributed by atoms with van der Waals surface area (Å²) in [5.41, 5.74) is 1.28. The second-order valence-corrected chi connectivity index (χ2v) is 4.90. The van der Waals surface area contributed by atoms with Gasteiger partial charge in [0.1, 0.15) is 18.7 Å². The van der Waals surface area contributed by atoms with E-state index >= 15 is 0 Å². The molecule has 2 rings (SSSR count). The number of aryl methyl sites for hydroxylation is 1. The van der Waals surface area contributed by atoms with Gasteiger partial charge in [-0.3, -0.25) is 0 Å². The maximum atomic E-state index is 9.11. The van der Waals surface area contributed by atoms with E-state index in [0.717, 1.165) is 11.4 Å². The molecular weight excluding hydrogens is 257 g/mol. The third-order valence-electron chi connectivity index (χ3n) is 2.99. The van der Waals surface area contributed by atoms with Crippen molar-refractivity contribution in [1.29, 1.82) is 0 Å². The van der Waals surface area contributed by atoms with Crippen LogP contribution in [0.1, 0.15) is 31.3 Å². The van der Waals surface area contributed by atoms with Crippen molar-refractivity contribution >= 4 is 12.6 Å². The van der Waals surface area contributed by atoms with Crippen molar-refractivity contribution in [1.82, 2.24) is 14.8 Å². The lowest BCUT2D eigenvalue weighted by Crippen LogP contribution is -2.29. The standard InChI is InChI=1S/C13H18BN3O3/c1-9(2)17-13(15-8-16-17)7-20-12-5-4-11(14(18)19)6-10(12)3/h4-6,8-9,18-19H,7H2,1-3H3. The summed E-state index contributed by atoms with van der Waals surface area (Å²) in [6.45, 7) is 6.23. The highest BCUT2D eigenvalue weighted by molar-refractivity contribution is 6.58. The van der Waals surface area contributed by atoms with Crippen LogP contribution < -0.4 is 10.2 Å². The maximum Gasteiger partial charge on any atom is 0.488 e. The summed E-state index contributed by atoms with van der Waals surface area (Å²) in [4.78, 5) is 4.17. The van der Waals surface area contributed by atoms with Crippen molar-refractivity contribution in [2.24, 2.45) is 0 Å². The Morgan fingerprint density at radius 1 is 1.35 bits per heavy atom. The van der Waals surface area contributed by atoms with E-state index < -0.39 is 7.12 Å². The molecule has 0 saturated carbocycles. The van der Waals surface area contributed by atoms with Gasteiger partial charge in [0.25, 0.3) is 0 Å². The monoisotopic (exact) mass is 275 g/mol. The smallest absolute Gasteiger partial charge is 0.485 e. The van der Waals surface area contributed by atoms with Gasteiger partial charge < -0.3 is 14.8 Å². The SMILES string of the molecule is Cc1cc(B(O)O)ccc1OCc1ncnn1C(C)C. The van der Waals surface area contributed by atoms with Crippen LogP contribution in [0.25, 0.3) is 0 Å². The Balaban J connectivity index is 2.09. The number of ether oxygens (including phenoxy) is 1. The van der Waals surface area contributed by atoms with E-state index in [1.807, 2.05) is 20.8 Å². The van der Waals surface area contributed by atoms with Crippen molar-refractivity contribution in [3.8, 4) is 5.75 Å². The van der Waals surface area contributed by atoms with Crippen LogP contribution in [0, 0.1) is 6.92 Å². The van der Waals surface area contributed by atoms with Crippen LogP contribution in [0.3, 0.4) is 0 Å². The largest absolute Gasteiger partial charge is 0.488 e. The number of nitrogens with zero attached hydrogens (tertiary/aromatic N) is 3. The molecule has 1 heterocycles. The lowest BCUT2D eigenvalue weighted by molar-refractivity contribution is 0.280. The van der Waals surface area contributed by atoms with E-state index in [4.69, 9.17) is 14.8 Å². The van der Waals surface area contributed by atoms with Crippen LogP contribution >= 0.6 is 0 Å². The second kappa shape index (κ2) is 6.07. The van der Waals surface area contributed by atoms with Gasteiger partial charge in [-0.25, -0.2) is 9.67 Å². The van der Waals surface area contributed by atoms with E-state index in [9.17, 15) is 0 Å². The Bertz CT molecular complexity index is 584. The number of rotatable bonds is 5. The van der Waals surface area contributed by atoms with E-state index in [1.165, 1.54) is 6.33 Å². The van der Waals surface area contributed by atoms with Crippen LogP contribution in [0.15, 0.2) is 24.5 Å². The zero-order chi connectivity index (χ0) is 14.7. The van der Waals surface area contributed by atoms with Gasteiger partial charge in [-0.2, -0.15) is 5.10 Å². The first-order valence-corrected chi connectivity index (χ1v) is 6.47. The molecule has 0 fully saturated rings. The Labute approximate surface area is 118 Å². The number of hydrogen-bond acceptors (Lipinski definition) is 5. The Morgan fingerprint density at radius 2 is 2.10 bits per heavy atom. The molecule has 1 aromatic heterocycles. The zero-order valence-corrected chi connectivity index (χ0v) is 11.8. The molecule has 0 bridgehead atoms. The minimum absolute atomic E-state index is 0.226. The fourth-order valence-corrected chi connectivity index (χ4v) is 1.95. The number of benzene rings is 1. The number of hydrogen-bond donors (Lipinski definition) is 2. The summed E-state index contributed by atoms with van der Waals surface area (Å²) in [6.07, 6.45) is 1.51. The summed E-state index contributed by atoms with van der Waals surface area (Å²) in [5.74, 6) is 1.44. The van der Waals surface area contributed by atoms with Gasteiger partial charge in [-0.15, -0.1) is 0 Å². The van der Waals surface area contributed by atoms with E-state index in [-0.39, 0.29) is 6.04 Å². The normalized spacial score (nSPS) is 10.9. The highest BCUT2D eigenvalue weighted by Gasteiger charge is 2.13. The Hall–Kier alpha value is -1.86. The lowest BCUT2D eigenvalue weighted by Gasteiger charge is -2.12.